The first-order valence-corrected chi connectivity index (χ1v) is 21.1. The number of pyridine rings is 2. The van der Waals surface area contributed by atoms with Gasteiger partial charge in [-0.2, -0.15) is 4.98 Å². The minimum atomic E-state index is -1.09. The van der Waals surface area contributed by atoms with Crippen LogP contribution in [-0.4, -0.2) is 97.5 Å². The standard InChI is InChI=1S/C44H48FN9O6/c1-24-33-22-47-44(50-39(33)53(28-5-3-4-6-28)43(60)38(24)25(2)55)48-36-9-7-29(21-46-36)52-17-11-26(12-18-52)23-51-15-13-27(14-16-51)30-19-31-32(20-34(30)45)42(59)54(41(31)58)35-8-10-37(56)49-40(35)57/h7,9,19-22,26-28,35H,3-6,8,10-18,23H2,1-2H3,(H,49,56,57)(H,46,47,48,50). The average Bonchev–Trinajstić information content (AvgIpc) is 3.84. The van der Waals surface area contributed by atoms with Crippen molar-refractivity contribution < 1.29 is 28.4 Å². The molecule has 2 N–H and O–H groups in total. The summed E-state index contributed by atoms with van der Waals surface area (Å²) in [5.74, 6) is -1.90. The number of piperidine rings is 3. The summed E-state index contributed by atoms with van der Waals surface area (Å²) in [5.41, 5.74) is 2.58. The van der Waals surface area contributed by atoms with E-state index in [2.05, 4.69) is 30.4 Å². The molecule has 1 unspecified atom stereocenters. The van der Waals surface area contributed by atoms with E-state index in [0.717, 1.165) is 101 Å². The van der Waals surface area contributed by atoms with Gasteiger partial charge in [0.25, 0.3) is 17.4 Å². The Bertz CT molecular complexity index is 2480. The maximum atomic E-state index is 15.5. The molecule has 1 aromatic carbocycles. The van der Waals surface area contributed by atoms with Crippen LogP contribution in [0.5, 0.6) is 0 Å². The fraction of sp³-hybridized carbons (Fsp3) is 0.477. The molecule has 9 rings (SSSR count). The number of imide groups is 2. The van der Waals surface area contributed by atoms with Crippen LogP contribution in [0.25, 0.3) is 11.0 Å². The first-order chi connectivity index (χ1) is 28.9. The molecule has 5 aliphatic rings. The lowest BCUT2D eigenvalue weighted by Gasteiger charge is -2.38. The van der Waals surface area contributed by atoms with Gasteiger partial charge in [0.1, 0.15) is 23.3 Å². The molecular weight excluding hydrogens is 770 g/mol. The summed E-state index contributed by atoms with van der Waals surface area (Å²) < 4.78 is 17.2. The number of anilines is 3. The molecule has 0 radical (unpaired) electrons. The molecule has 1 aliphatic carbocycles. The van der Waals surface area contributed by atoms with Crippen molar-refractivity contribution in [3.8, 4) is 0 Å². The van der Waals surface area contributed by atoms with Gasteiger partial charge in [0.15, 0.2) is 5.78 Å². The van der Waals surface area contributed by atoms with Crippen LogP contribution in [0.2, 0.25) is 0 Å². The zero-order valence-electron chi connectivity index (χ0n) is 33.8. The number of hydrogen-bond acceptors (Lipinski definition) is 12. The summed E-state index contributed by atoms with van der Waals surface area (Å²) in [7, 11) is 0. The van der Waals surface area contributed by atoms with Crippen molar-refractivity contribution in [1.29, 1.82) is 0 Å². The second-order valence-electron chi connectivity index (χ2n) is 17.0. The zero-order valence-corrected chi connectivity index (χ0v) is 33.8. The quantitative estimate of drug-likeness (QED) is 0.167. The summed E-state index contributed by atoms with van der Waals surface area (Å²) in [5, 5.41) is 6.09. The molecular formula is C44H48FN9O6. The topological polar surface area (TPSA) is 180 Å². The van der Waals surface area contributed by atoms with Crippen LogP contribution in [0.4, 0.5) is 21.8 Å². The lowest BCUT2D eigenvalue weighted by Crippen LogP contribution is -2.54. The van der Waals surface area contributed by atoms with Crippen molar-refractivity contribution in [1.82, 2.24) is 34.6 Å². The number of amides is 4. The predicted octanol–water partition coefficient (Wildman–Crippen LogP) is 5.19. The van der Waals surface area contributed by atoms with E-state index < -0.39 is 35.5 Å². The summed E-state index contributed by atoms with van der Waals surface area (Å²) in [6.45, 7) is 7.56. The number of rotatable bonds is 9. The van der Waals surface area contributed by atoms with Gasteiger partial charge in [-0.15, -0.1) is 0 Å². The van der Waals surface area contributed by atoms with Gasteiger partial charge in [-0.25, -0.2) is 14.4 Å². The Morgan fingerprint density at radius 3 is 2.27 bits per heavy atom. The molecule has 4 aromatic rings. The average molecular weight is 818 g/mol. The van der Waals surface area contributed by atoms with E-state index in [1.807, 2.05) is 18.3 Å². The van der Waals surface area contributed by atoms with E-state index in [9.17, 15) is 28.8 Å². The smallest absolute Gasteiger partial charge is 0.263 e. The van der Waals surface area contributed by atoms with Gasteiger partial charge in [-0.05, 0) is 119 Å². The number of aromatic nitrogens is 4. The fourth-order valence-electron chi connectivity index (χ4n) is 10.1. The van der Waals surface area contributed by atoms with Crippen LogP contribution >= 0.6 is 0 Å². The minimum absolute atomic E-state index is 0.00432. The Kier molecular flexibility index (Phi) is 10.5. The molecule has 312 valence electrons. The van der Waals surface area contributed by atoms with Crippen molar-refractivity contribution in [3.63, 3.8) is 0 Å². The van der Waals surface area contributed by atoms with Gasteiger partial charge in [0, 0.05) is 43.7 Å². The minimum Gasteiger partial charge on any atom is -0.370 e. The molecule has 4 aliphatic heterocycles. The number of carbonyl (C=O) groups is 5. The van der Waals surface area contributed by atoms with E-state index >= 15 is 4.39 Å². The summed E-state index contributed by atoms with van der Waals surface area (Å²) >= 11 is 0. The van der Waals surface area contributed by atoms with Crippen molar-refractivity contribution in [2.45, 2.75) is 96.1 Å². The highest BCUT2D eigenvalue weighted by Crippen LogP contribution is 2.37. The number of ketones is 1. The highest BCUT2D eigenvalue weighted by molar-refractivity contribution is 6.23. The molecule has 1 saturated carbocycles. The molecule has 3 saturated heterocycles. The summed E-state index contributed by atoms with van der Waals surface area (Å²) in [4.78, 5) is 96.2. The van der Waals surface area contributed by atoms with Gasteiger partial charge in [0.05, 0.1) is 28.6 Å². The maximum absolute atomic E-state index is 15.5. The van der Waals surface area contributed by atoms with Crippen LogP contribution in [-0.2, 0) is 9.59 Å². The lowest BCUT2D eigenvalue weighted by atomic mass is 9.86. The van der Waals surface area contributed by atoms with Crippen molar-refractivity contribution in [2.75, 3.05) is 42.9 Å². The third-order valence-electron chi connectivity index (χ3n) is 13.3. The number of Topliss-reactive ketones (excluding diaryl/α,β-unsaturated/α-hetero) is 1. The van der Waals surface area contributed by atoms with Gasteiger partial charge in [0.2, 0.25) is 17.8 Å². The molecule has 4 fully saturated rings. The van der Waals surface area contributed by atoms with Crippen molar-refractivity contribution in [2.24, 2.45) is 5.92 Å². The molecule has 60 heavy (non-hydrogen) atoms. The van der Waals surface area contributed by atoms with Crippen LogP contribution in [0.1, 0.15) is 125 Å². The maximum Gasteiger partial charge on any atom is 0.263 e. The number of likely N-dealkylation sites (tertiary alicyclic amines) is 1. The SMILES string of the molecule is CC(=O)c1c(C)c2cnc(Nc3ccc(N4CCC(CN5CCC(c6cc7c(cc6F)C(=O)N(C6CCC(=O)NC6=O)C7=O)CC5)CC4)cn3)nc2n(C2CCCC2)c1=O. The highest BCUT2D eigenvalue weighted by atomic mass is 19.1. The monoisotopic (exact) mass is 817 g/mol. The normalized spacial score (nSPS) is 20.9. The number of nitrogens with one attached hydrogen (secondary N) is 2. The van der Waals surface area contributed by atoms with Crippen molar-refractivity contribution in [3.05, 3.63) is 80.6 Å². The number of carbonyl (C=O) groups excluding carboxylic acids is 5. The Labute approximate surface area is 345 Å². The number of fused-ring (bicyclic) bond motifs is 2. The molecule has 1 atom stereocenters. The summed E-state index contributed by atoms with van der Waals surface area (Å²) in [6, 6.07) is 5.49. The molecule has 0 bridgehead atoms. The molecule has 7 heterocycles. The number of hydrogen-bond donors (Lipinski definition) is 2. The number of halogens is 1. The fourth-order valence-corrected chi connectivity index (χ4v) is 10.1. The second-order valence-corrected chi connectivity index (χ2v) is 17.0. The second kappa shape index (κ2) is 15.9. The van der Waals surface area contributed by atoms with Gasteiger partial charge >= 0.3 is 0 Å². The molecule has 16 heteroatoms. The largest absolute Gasteiger partial charge is 0.370 e. The number of aryl methyl sites for hydroxylation is 1. The van der Waals surface area contributed by atoms with Gasteiger partial charge in [-0.3, -0.25) is 43.6 Å². The lowest BCUT2D eigenvalue weighted by molar-refractivity contribution is -0.136. The first-order valence-electron chi connectivity index (χ1n) is 21.1. The van der Waals surface area contributed by atoms with Crippen LogP contribution in [0, 0.1) is 18.7 Å². The van der Waals surface area contributed by atoms with E-state index in [0.29, 0.717) is 39.8 Å². The van der Waals surface area contributed by atoms with E-state index in [1.165, 1.54) is 13.0 Å². The summed E-state index contributed by atoms with van der Waals surface area (Å²) in [6.07, 6.45) is 10.9. The molecule has 0 spiro atoms. The Hall–Kier alpha value is -5.90. The molecule has 3 aromatic heterocycles. The first kappa shape index (κ1) is 39.6. The highest BCUT2D eigenvalue weighted by Gasteiger charge is 2.45. The van der Waals surface area contributed by atoms with Crippen LogP contribution in [0.3, 0.4) is 0 Å². The molecule has 15 nitrogen and oxygen atoms in total. The van der Waals surface area contributed by atoms with Gasteiger partial charge in [-0.1, -0.05) is 12.8 Å². The zero-order chi connectivity index (χ0) is 41.8. The Balaban J connectivity index is 0.783. The van der Waals surface area contributed by atoms with Crippen LogP contribution in [0.15, 0.2) is 41.5 Å². The van der Waals surface area contributed by atoms with Crippen LogP contribution < -0.4 is 21.1 Å². The number of benzene rings is 1. The predicted molar refractivity (Wildman–Crippen MR) is 220 cm³/mol. The van der Waals surface area contributed by atoms with E-state index in [4.69, 9.17) is 4.98 Å². The van der Waals surface area contributed by atoms with E-state index in [-0.39, 0.29) is 52.8 Å². The Morgan fingerprint density at radius 2 is 1.60 bits per heavy atom. The van der Waals surface area contributed by atoms with Crippen molar-refractivity contribution >= 4 is 57.9 Å². The third-order valence-corrected chi connectivity index (χ3v) is 13.3. The number of nitrogens with zero attached hydrogens (tertiary/aromatic N) is 7. The third kappa shape index (κ3) is 7.24. The van der Waals surface area contributed by atoms with E-state index in [1.54, 1.807) is 17.7 Å². The molecule has 4 amide bonds. The Morgan fingerprint density at radius 1 is 0.883 bits per heavy atom. The van der Waals surface area contributed by atoms with Gasteiger partial charge < -0.3 is 15.1 Å².